The zero-order valence-electron chi connectivity index (χ0n) is 12.4. The number of nitrogens with zero attached hydrogens (tertiary/aromatic N) is 2. The van der Waals surface area contributed by atoms with Crippen molar-refractivity contribution in [1.29, 1.82) is 0 Å². The number of halogens is 1. The molecule has 0 aromatic carbocycles. The van der Waals surface area contributed by atoms with E-state index in [0.717, 1.165) is 12.8 Å². The lowest BCUT2D eigenvalue weighted by Crippen LogP contribution is -2.47. The molecule has 6 nitrogen and oxygen atoms in total. The van der Waals surface area contributed by atoms with Gasteiger partial charge in [0.05, 0.1) is 16.4 Å². The molecule has 1 aliphatic carbocycles. The summed E-state index contributed by atoms with van der Waals surface area (Å²) in [6.07, 6.45) is 2.50. The standard InChI is InChI=1S/C14H20ClN3O3/c1-4-9-11(15)10(18(3)17-9)7-14(2,13(20)21)12(19)16-8-5-6-8/h8H,4-7H2,1-3H3,(H,16,19)(H,20,21). The molecule has 116 valence electrons. The van der Waals surface area contributed by atoms with E-state index in [1.807, 2.05) is 6.92 Å². The second-order valence-electron chi connectivity index (χ2n) is 5.75. The van der Waals surface area contributed by atoms with E-state index in [4.69, 9.17) is 11.6 Å². The minimum atomic E-state index is -1.55. The Morgan fingerprint density at radius 1 is 1.52 bits per heavy atom. The fraction of sp³-hybridized carbons (Fsp3) is 0.643. The molecule has 21 heavy (non-hydrogen) atoms. The first kappa shape index (κ1) is 15.8. The Morgan fingerprint density at radius 2 is 2.14 bits per heavy atom. The van der Waals surface area contributed by atoms with Crippen molar-refractivity contribution in [1.82, 2.24) is 15.1 Å². The zero-order valence-corrected chi connectivity index (χ0v) is 13.2. The molecule has 1 atom stereocenters. The summed E-state index contributed by atoms with van der Waals surface area (Å²) in [5.74, 6) is -1.62. The summed E-state index contributed by atoms with van der Waals surface area (Å²) < 4.78 is 1.56. The number of aromatic nitrogens is 2. The Balaban J connectivity index is 2.29. The monoisotopic (exact) mass is 313 g/mol. The van der Waals surface area contributed by atoms with Crippen molar-refractivity contribution in [2.75, 3.05) is 0 Å². The second-order valence-corrected chi connectivity index (χ2v) is 6.12. The minimum absolute atomic E-state index is 0.0171. The largest absolute Gasteiger partial charge is 0.480 e. The van der Waals surface area contributed by atoms with Crippen LogP contribution in [0.25, 0.3) is 0 Å². The van der Waals surface area contributed by atoms with Crippen LogP contribution in [0.15, 0.2) is 0 Å². The Hall–Kier alpha value is -1.56. The lowest BCUT2D eigenvalue weighted by Gasteiger charge is -2.24. The molecule has 7 heteroatoms. The fourth-order valence-corrected chi connectivity index (χ4v) is 2.53. The van der Waals surface area contributed by atoms with Gasteiger partial charge in [0.15, 0.2) is 0 Å². The van der Waals surface area contributed by atoms with Crippen LogP contribution in [0, 0.1) is 5.41 Å². The second kappa shape index (κ2) is 5.67. The van der Waals surface area contributed by atoms with E-state index in [0.29, 0.717) is 22.8 Å². The van der Waals surface area contributed by atoms with Crippen molar-refractivity contribution < 1.29 is 14.7 Å². The van der Waals surface area contributed by atoms with Crippen LogP contribution < -0.4 is 5.32 Å². The average molecular weight is 314 g/mol. The molecular formula is C14H20ClN3O3. The highest BCUT2D eigenvalue weighted by Gasteiger charge is 2.44. The predicted molar refractivity (Wildman–Crippen MR) is 78.2 cm³/mol. The van der Waals surface area contributed by atoms with Gasteiger partial charge in [-0.05, 0) is 26.2 Å². The third kappa shape index (κ3) is 3.05. The van der Waals surface area contributed by atoms with Gasteiger partial charge in [-0.25, -0.2) is 0 Å². The number of hydrogen-bond acceptors (Lipinski definition) is 3. The van der Waals surface area contributed by atoms with Crippen molar-refractivity contribution >= 4 is 23.5 Å². The number of nitrogens with one attached hydrogen (secondary N) is 1. The van der Waals surface area contributed by atoms with Crippen LogP contribution in [0.4, 0.5) is 0 Å². The van der Waals surface area contributed by atoms with E-state index < -0.39 is 17.3 Å². The van der Waals surface area contributed by atoms with Crippen LogP contribution in [-0.2, 0) is 29.5 Å². The number of aryl methyl sites for hydroxylation is 2. The van der Waals surface area contributed by atoms with Gasteiger partial charge >= 0.3 is 5.97 Å². The number of carbonyl (C=O) groups excluding carboxylic acids is 1. The maximum atomic E-state index is 12.3. The van der Waals surface area contributed by atoms with E-state index in [1.54, 1.807) is 11.7 Å². The number of rotatable bonds is 6. The molecule has 1 fully saturated rings. The number of carbonyl (C=O) groups is 2. The predicted octanol–water partition coefficient (Wildman–Crippen LogP) is 1.55. The molecule has 2 rings (SSSR count). The van der Waals surface area contributed by atoms with Gasteiger partial charge in [-0.2, -0.15) is 5.10 Å². The van der Waals surface area contributed by atoms with Gasteiger partial charge in [-0.15, -0.1) is 0 Å². The van der Waals surface area contributed by atoms with Crippen LogP contribution in [0.1, 0.15) is 38.1 Å². The molecule has 1 aromatic heterocycles. The highest BCUT2D eigenvalue weighted by atomic mass is 35.5. The molecular weight excluding hydrogens is 294 g/mol. The molecule has 1 aliphatic rings. The van der Waals surface area contributed by atoms with Crippen LogP contribution in [0.3, 0.4) is 0 Å². The molecule has 1 heterocycles. The smallest absolute Gasteiger partial charge is 0.319 e. The molecule has 0 saturated heterocycles. The summed E-state index contributed by atoms with van der Waals surface area (Å²) in [5, 5.41) is 17.0. The first-order valence-corrected chi connectivity index (χ1v) is 7.42. The van der Waals surface area contributed by atoms with E-state index in [2.05, 4.69) is 10.4 Å². The normalized spacial score (nSPS) is 17.3. The summed E-state index contributed by atoms with van der Waals surface area (Å²) in [6.45, 7) is 3.36. The number of hydrogen-bond donors (Lipinski definition) is 2. The van der Waals surface area contributed by atoms with Crippen molar-refractivity contribution in [2.24, 2.45) is 12.5 Å². The van der Waals surface area contributed by atoms with Gasteiger partial charge in [-0.1, -0.05) is 18.5 Å². The van der Waals surface area contributed by atoms with Gasteiger partial charge in [0.1, 0.15) is 5.41 Å². The van der Waals surface area contributed by atoms with Gasteiger partial charge in [0.2, 0.25) is 5.91 Å². The van der Waals surface area contributed by atoms with E-state index in [1.165, 1.54) is 6.92 Å². The van der Waals surface area contributed by atoms with Gasteiger partial charge < -0.3 is 10.4 Å². The Bertz CT molecular complexity index is 580. The van der Waals surface area contributed by atoms with Crippen molar-refractivity contribution in [3.63, 3.8) is 0 Å². The quantitative estimate of drug-likeness (QED) is 0.780. The number of carboxylic acids is 1. The molecule has 0 bridgehead atoms. The summed E-state index contributed by atoms with van der Waals surface area (Å²) in [7, 11) is 1.71. The molecule has 1 unspecified atom stereocenters. The van der Waals surface area contributed by atoms with Crippen molar-refractivity contribution in [2.45, 2.75) is 45.6 Å². The highest BCUT2D eigenvalue weighted by Crippen LogP contribution is 2.31. The molecule has 1 amide bonds. The van der Waals surface area contributed by atoms with Crippen LogP contribution in [0.5, 0.6) is 0 Å². The van der Waals surface area contributed by atoms with Crippen molar-refractivity contribution in [3.05, 3.63) is 16.4 Å². The first-order valence-electron chi connectivity index (χ1n) is 7.04. The molecule has 0 spiro atoms. The minimum Gasteiger partial charge on any atom is -0.480 e. The zero-order chi connectivity index (χ0) is 15.8. The fourth-order valence-electron chi connectivity index (χ4n) is 2.17. The number of carboxylic acid groups (broad SMARTS) is 1. The number of amides is 1. The highest BCUT2D eigenvalue weighted by molar-refractivity contribution is 6.32. The van der Waals surface area contributed by atoms with Crippen LogP contribution in [0.2, 0.25) is 5.02 Å². The summed E-state index contributed by atoms with van der Waals surface area (Å²) in [4.78, 5) is 23.9. The van der Waals surface area contributed by atoms with Crippen LogP contribution >= 0.6 is 11.6 Å². The lowest BCUT2D eigenvalue weighted by molar-refractivity contribution is -0.154. The summed E-state index contributed by atoms with van der Waals surface area (Å²) in [5.41, 5.74) is -0.265. The topological polar surface area (TPSA) is 84.2 Å². The molecule has 1 aromatic rings. The molecule has 0 aliphatic heterocycles. The summed E-state index contributed by atoms with van der Waals surface area (Å²) >= 11 is 6.26. The first-order chi connectivity index (χ1) is 9.79. The summed E-state index contributed by atoms with van der Waals surface area (Å²) in [6, 6.07) is 0.115. The third-order valence-corrected chi connectivity index (χ3v) is 4.35. The molecule has 2 N–H and O–H groups in total. The molecule has 0 radical (unpaired) electrons. The van der Waals surface area contributed by atoms with Crippen molar-refractivity contribution in [3.8, 4) is 0 Å². The average Bonchev–Trinajstić information content (AvgIpc) is 3.19. The third-order valence-electron chi connectivity index (χ3n) is 3.91. The number of aliphatic carboxylic acids is 1. The van der Waals surface area contributed by atoms with E-state index in [-0.39, 0.29) is 12.5 Å². The Labute approximate surface area is 128 Å². The Morgan fingerprint density at radius 3 is 2.57 bits per heavy atom. The van der Waals surface area contributed by atoms with Gasteiger partial charge in [0, 0.05) is 19.5 Å². The maximum absolute atomic E-state index is 12.3. The van der Waals surface area contributed by atoms with Gasteiger partial charge in [0.25, 0.3) is 0 Å². The maximum Gasteiger partial charge on any atom is 0.319 e. The molecule has 1 saturated carbocycles. The van der Waals surface area contributed by atoms with E-state index in [9.17, 15) is 14.7 Å². The SMILES string of the molecule is CCc1nn(C)c(CC(C)(C(=O)O)C(=O)NC2CC2)c1Cl. The Kier molecular flexibility index (Phi) is 4.27. The van der Waals surface area contributed by atoms with E-state index >= 15 is 0 Å². The van der Waals surface area contributed by atoms with Gasteiger partial charge in [-0.3, -0.25) is 14.3 Å². The lowest BCUT2D eigenvalue weighted by atomic mass is 9.84. The van der Waals surface area contributed by atoms with Crippen LogP contribution in [-0.4, -0.2) is 32.8 Å².